The fraction of sp³-hybridized carbons (Fsp3) is 0.118. The summed E-state index contributed by atoms with van der Waals surface area (Å²) in [5.74, 6) is 0. The number of hydrogen-bond acceptors (Lipinski definition) is 4. The van der Waals surface area contributed by atoms with Gasteiger partial charge >= 0.3 is 0 Å². The van der Waals surface area contributed by atoms with E-state index in [0.717, 1.165) is 22.3 Å². The van der Waals surface area contributed by atoms with Gasteiger partial charge in [0.2, 0.25) is 0 Å². The van der Waals surface area contributed by atoms with Crippen LogP contribution in [0.25, 0.3) is 55.3 Å². The van der Waals surface area contributed by atoms with Gasteiger partial charge in [-0.15, -0.1) is 0 Å². The summed E-state index contributed by atoms with van der Waals surface area (Å²) in [4.78, 5) is 17.2. The van der Waals surface area contributed by atoms with Crippen molar-refractivity contribution in [2.75, 3.05) is 0 Å². The van der Waals surface area contributed by atoms with Gasteiger partial charge in [0.25, 0.3) is 0 Å². The standard InChI is InChI=1S/C34H28N4/c1-21-5-22(2)8-27(7-21)31-11-25(29-15-35-19-36-16-29)14-34-32(28-9-23(3)6-24(4)10-28)12-26(13-33(31)34)30-17-37-20-38-18-30/h5-20H,1-4H3. The van der Waals surface area contributed by atoms with Crippen molar-refractivity contribution in [2.45, 2.75) is 27.7 Å². The van der Waals surface area contributed by atoms with Gasteiger partial charge in [0, 0.05) is 35.9 Å². The lowest BCUT2D eigenvalue weighted by Crippen LogP contribution is -1.93. The monoisotopic (exact) mass is 492 g/mol. The normalized spacial score (nSPS) is 11.2. The molecule has 2 aromatic heterocycles. The molecule has 6 aromatic rings. The second-order valence-corrected chi connectivity index (χ2v) is 10.1. The molecule has 0 aliphatic rings. The molecule has 6 rings (SSSR count). The van der Waals surface area contributed by atoms with E-state index in [0.29, 0.717) is 0 Å². The fourth-order valence-corrected chi connectivity index (χ4v) is 5.43. The van der Waals surface area contributed by atoms with Crippen LogP contribution in [0.15, 0.2) is 98.1 Å². The van der Waals surface area contributed by atoms with Crippen LogP contribution in [-0.4, -0.2) is 19.9 Å². The van der Waals surface area contributed by atoms with E-state index in [1.807, 2.05) is 24.8 Å². The van der Waals surface area contributed by atoms with E-state index in [4.69, 9.17) is 0 Å². The maximum atomic E-state index is 4.30. The minimum atomic E-state index is 0.993. The molecule has 0 atom stereocenters. The molecule has 0 radical (unpaired) electrons. The Kier molecular flexibility index (Phi) is 6.01. The van der Waals surface area contributed by atoms with Crippen LogP contribution in [0.3, 0.4) is 0 Å². The van der Waals surface area contributed by atoms with Crippen LogP contribution in [0.1, 0.15) is 22.3 Å². The number of aryl methyl sites for hydroxylation is 4. The van der Waals surface area contributed by atoms with E-state index in [2.05, 4.69) is 108 Å². The summed E-state index contributed by atoms with van der Waals surface area (Å²) in [6.07, 6.45) is 10.7. The van der Waals surface area contributed by atoms with Crippen molar-refractivity contribution < 1.29 is 0 Å². The fourth-order valence-electron chi connectivity index (χ4n) is 5.43. The number of fused-ring (bicyclic) bond motifs is 1. The summed E-state index contributed by atoms with van der Waals surface area (Å²) in [5.41, 5.74) is 13.9. The smallest absolute Gasteiger partial charge is 0.115 e. The molecule has 4 aromatic carbocycles. The molecule has 184 valence electrons. The molecule has 0 amide bonds. The highest BCUT2D eigenvalue weighted by atomic mass is 14.8. The third kappa shape index (κ3) is 4.57. The Morgan fingerprint density at radius 3 is 1.03 bits per heavy atom. The first-order valence-electron chi connectivity index (χ1n) is 12.7. The molecule has 4 heteroatoms. The van der Waals surface area contributed by atoms with Crippen molar-refractivity contribution in [3.63, 3.8) is 0 Å². The number of nitrogens with zero attached hydrogens (tertiary/aromatic N) is 4. The number of hydrogen-bond donors (Lipinski definition) is 0. The molecule has 0 fully saturated rings. The van der Waals surface area contributed by atoms with E-state index in [-0.39, 0.29) is 0 Å². The lowest BCUT2D eigenvalue weighted by atomic mass is 9.86. The maximum Gasteiger partial charge on any atom is 0.115 e. The van der Waals surface area contributed by atoms with Crippen molar-refractivity contribution in [1.82, 2.24) is 19.9 Å². The van der Waals surface area contributed by atoms with Crippen LogP contribution >= 0.6 is 0 Å². The summed E-state index contributed by atoms with van der Waals surface area (Å²) < 4.78 is 0. The van der Waals surface area contributed by atoms with Gasteiger partial charge in [-0.05, 0) is 96.1 Å². The SMILES string of the molecule is Cc1cc(C)cc(-c2cc(-c3cncnc3)cc3c(-c4cc(C)cc(C)c4)cc(-c4cncnc4)cc23)c1. The molecular formula is C34H28N4. The van der Waals surface area contributed by atoms with Crippen molar-refractivity contribution in [2.24, 2.45) is 0 Å². The molecule has 0 aliphatic carbocycles. The first kappa shape index (κ1) is 23.7. The molecule has 0 unspecified atom stereocenters. The van der Waals surface area contributed by atoms with Gasteiger partial charge < -0.3 is 0 Å². The van der Waals surface area contributed by atoms with Crippen LogP contribution < -0.4 is 0 Å². The summed E-state index contributed by atoms with van der Waals surface area (Å²) in [6, 6.07) is 22.6. The van der Waals surface area contributed by atoms with Crippen LogP contribution in [-0.2, 0) is 0 Å². The van der Waals surface area contributed by atoms with Crippen LogP contribution in [0.5, 0.6) is 0 Å². The molecule has 2 heterocycles. The summed E-state index contributed by atoms with van der Waals surface area (Å²) >= 11 is 0. The maximum absolute atomic E-state index is 4.30. The Morgan fingerprint density at radius 1 is 0.342 bits per heavy atom. The highest BCUT2D eigenvalue weighted by Crippen LogP contribution is 2.42. The Balaban J connectivity index is 1.76. The van der Waals surface area contributed by atoms with E-state index in [9.17, 15) is 0 Å². The Bertz CT molecular complexity index is 1620. The first-order chi connectivity index (χ1) is 18.4. The van der Waals surface area contributed by atoms with Crippen molar-refractivity contribution in [3.8, 4) is 44.5 Å². The van der Waals surface area contributed by atoms with Gasteiger partial charge in [-0.1, -0.05) is 58.7 Å². The number of rotatable bonds is 4. The molecule has 0 spiro atoms. The quantitative estimate of drug-likeness (QED) is 0.248. The van der Waals surface area contributed by atoms with Gasteiger partial charge in [0.15, 0.2) is 0 Å². The third-order valence-corrected chi connectivity index (χ3v) is 6.92. The average Bonchev–Trinajstić information content (AvgIpc) is 2.91. The molecule has 0 N–H and O–H groups in total. The van der Waals surface area contributed by atoms with Crippen LogP contribution in [0.4, 0.5) is 0 Å². The highest BCUT2D eigenvalue weighted by Gasteiger charge is 2.16. The average molecular weight is 493 g/mol. The predicted molar refractivity (Wildman–Crippen MR) is 156 cm³/mol. The number of aromatic nitrogens is 4. The summed E-state index contributed by atoms with van der Waals surface area (Å²) in [6.45, 7) is 8.62. The molecule has 4 nitrogen and oxygen atoms in total. The number of benzene rings is 4. The third-order valence-electron chi connectivity index (χ3n) is 6.92. The Morgan fingerprint density at radius 2 is 0.684 bits per heavy atom. The summed E-state index contributed by atoms with van der Waals surface area (Å²) in [7, 11) is 0. The Labute approximate surface area is 223 Å². The highest BCUT2D eigenvalue weighted by molar-refractivity contribution is 6.09. The van der Waals surface area contributed by atoms with Gasteiger partial charge in [-0.2, -0.15) is 0 Å². The second-order valence-electron chi connectivity index (χ2n) is 10.1. The van der Waals surface area contributed by atoms with Gasteiger partial charge in [-0.3, -0.25) is 0 Å². The van der Waals surface area contributed by atoms with Crippen molar-refractivity contribution >= 4 is 10.8 Å². The molecular weight excluding hydrogens is 464 g/mol. The minimum absolute atomic E-state index is 0.993. The van der Waals surface area contributed by atoms with E-state index in [1.54, 1.807) is 12.7 Å². The first-order valence-corrected chi connectivity index (χ1v) is 12.7. The zero-order chi connectivity index (χ0) is 26.2. The molecule has 0 bridgehead atoms. The van der Waals surface area contributed by atoms with E-state index < -0.39 is 0 Å². The van der Waals surface area contributed by atoms with E-state index >= 15 is 0 Å². The van der Waals surface area contributed by atoms with Crippen molar-refractivity contribution in [3.05, 3.63) is 120 Å². The van der Waals surface area contributed by atoms with E-state index in [1.165, 1.54) is 55.3 Å². The lowest BCUT2D eigenvalue weighted by molar-refractivity contribution is 1.17. The largest absolute Gasteiger partial charge is 0.244 e. The molecule has 0 saturated heterocycles. The zero-order valence-electron chi connectivity index (χ0n) is 22.0. The van der Waals surface area contributed by atoms with Gasteiger partial charge in [0.1, 0.15) is 12.7 Å². The minimum Gasteiger partial charge on any atom is -0.244 e. The summed E-state index contributed by atoms with van der Waals surface area (Å²) in [5, 5.41) is 2.37. The van der Waals surface area contributed by atoms with Gasteiger partial charge in [-0.25, -0.2) is 19.9 Å². The lowest BCUT2D eigenvalue weighted by Gasteiger charge is -2.18. The van der Waals surface area contributed by atoms with Gasteiger partial charge in [0.05, 0.1) is 0 Å². The zero-order valence-corrected chi connectivity index (χ0v) is 22.0. The molecule has 38 heavy (non-hydrogen) atoms. The Hall–Kier alpha value is -4.70. The topological polar surface area (TPSA) is 51.6 Å². The molecule has 0 aliphatic heterocycles. The molecule has 0 saturated carbocycles. The van der Waals surface area contributed by atoms with Crippen LogP contribution in [0.2, 0.25) is 0 Å². The van der Waals surface area contributed by atoms with Crippen molar-refractivity contribution in [1.29, 1.82) is 0 Å². The second kappa shape index (κ2) is 9.64. The predicted octanol–water partition coefficient (Wildman–Crippen LogP) is 8.32. The van der Waals surface area contributed by atoms with Crippen LogP contribution in [0, 0.1) is 27.7 Å².